The number of aryl methyl sites for hydroxylation is 1. The van der Waals surface area contributed by atoms with Gasteiger partial charge in [-0.1, -0.05) is 19.1 Å². The van der Waals surface area contributed by atoms with Gasteiger partial charge in [0.1, 0.15) is 0 Å². The minimum Gasteiger partial charge on any atom is -0.347 e. The van der Waals surface area contributed by atoms with Crippen molar-refractivity contribution >= 4 is 29.1 Å². The van der Waals surface area contributed by atoms with Gasteiger partial charge in [-0.25, -0.2) is 13.2 Å². The number of hydrogen-bond acceptors (Lipinski definition) is 3. The first-order valence-corrected chi connectivity index (χ1v) is 9.40. The molecule has 158 valence electrons. The fourth-order valence-corrected chi connectivity index (χ4v) is 3.17. The van der Waals surface area contributed by atoms with Crippen LogP contribution in [0, 0.1) is 23.4 Å². The predicted molar refractivity (Wildman–Crippen MR) is 104 cm³/mol. The summed E-state index contributed by atoms with van der Waals surface area (Å²) in [6, 6.07) is 9.03. The molecule has 9 heteroatoms. The molecule has 6 nitrogen and oxygen atoms in total. The van der Waals surface area contributed by atoms with E-state index in [0.717, 1.165) is 18.1 Å². The lowest BCUT2D eigenvalue weighted by molar-refractivity contribution is -0.127. The molecule has 2 N–H and O–H groups in total. The standard InChI is InChI=1S/C21H20F3N3O3/c1-2-12-3-5-14(6-4-12)27-11-13(9-18(27)29)21(30)25-10-17(28)26-16-8-7-15(22)19(23)20(16)24/h3-8,13H,2,9-11H2,1H3,(H,25,30)(H,26,28). The van der Waals surface area contributed by atoms with Crippen molar-refractivity contribution in [3.63, 3.8) is 0 Å². The lowest BCUT2D eigenvalue weighted by Crippen LogP contribution is -2.38. The first-order chi connectivity index (χ1) is 14.3. The number of benzene rings is 2. The van der Waals surface area contributed by atoms with Gasteiger partial charge in [0.05, 0.1) is 18.2 Å². The molecule has 0 radical (unpaired) electrons. The Morgan fingerprint density at radius 2 is 1.77 bits per heavy atom. The Labute approximate surface area is 171 Å². The third kappa shape index (κ3) is 4.61. The Bertz CT molecular complexity index is 979. The van der Waals surface area contributed by atoms with Crippen molar-refractivity contribution in [2.24, 2.45) is 5.92 Å². The van der Waals surface area contributed by atoms with Crippen LogP contribution in [0.2, 0.25) is 0 Å². The van der Waals surface area contributed by atoms with E-state index in [2.05, 4.69) is 10.6 Å². The minimum absolute atomic E-state index is 0.000777. The molecule has 2 aromatic carbocycles. The fraction of sp³-hybridized carbons (Fsp3) is 0.286. The van der Waals surface area contributed by atoms with E-state index in [0.29, 0.717) is 11.8 Å². The van der Waals surface area contributed by atoms with Crippen LogP contribution < -0.4 is 15.5 Å². The maximum Gasteiger partial charge on any atom is 0.243 e. The van der Waals surface area contributed by atoms with E-state index in [9.17, 15) is 27.6 Å². The van der Waals surface area contributed by atoms with Crippen LogP contribution in [-0.2, 0) is 20.8 Å². The van der Waals surface area contributed by atoms with E-state index < -0.39 is 47.4 Å². The number of anilines is 2. The summed E-state index contributed by atoms with van der Waals surface area (Å²) in [6.45, 7) is 1.69. The number of nitrogens with zero attached hydrogens (tertiary/aromatic N) is 1. The molecule has 1 unspecified atom stereocenters. The Kier molecular flexibility index (Phi) is 6.39. The van der Waals surface area contributed by atoms with Gasteiger partial charge in [-0.2, -0.15) is 0 Å². The normalized spacial score (nSPS) is 15.9. The SMILES string of the molecule is CCc1ccc(N2CC(C(=O)NCC(=O)Nc3ccc(F)c(F)c3F)CC2=O)cc1. The molecule has 0 aromatic heterocycles. The van der Waals surface area contributed by atoms with Gasteiger partial charge in [0, 0.05) is 18.7 Å². The average molecular weight is 419 g/mol. The van der Waals surface area contributed by atoms with Crippen LogP contribution >= 0.6 is 0 Å². The number of amides is 3. The summed E-state index contributed by atoms with van der Waals surface area (Å²) in [4.78, 5) is 38.0. The summed E-state index contributed by atoms with van der Waals surface area (Å²) in [5.74, 6) is -6.77. The first-order valence-electron chi connectivity index (χ1n) is 9.40. The quantitative estimate of drug-likeness (QED) is 0.707. The molecule has 0 spiro atoms. The molecule has 30 heavy (non-hydrogen) atoms. The highest BCUT2D eigenvalue weighted by Gasteiger charge is 2.35. The third-order valence-corrected chi connectivity index (χ3v) is 4.88. The van der Waals surface area contributed by atoms with Crippen molar-refractivity contribution in [1.29, 1.82) is 0 Å². The fourth-order valence-electron chi connectivity index (χ4n) is 3.17. The average Bonchev–Trinajstić information content (AvgIpc) is 3.14. The van der Waals surface area contributed by atoms with Gasteiger partial charge in [-0.05, 0) is 36.2 Å². The maximum absolute atomic E-state index is 13.6. The van der Waals surface area contributed by atoms with Crippen LogP contribution in [0.15, 0.2) is 36.4 Å². The van der Waals surface area contributed by atoms with Crippen LogP contribution in [0.1, 0.15) is 18.9 Å². The van der Waals surface area contributed by atoms with Gasteiger partial charge in [-0.15, -0.1) is 0 Å². The number of nitrogens with one attached hydrogen (secondary N) is 2. The Hall–Kier alpha value is -3.36. The summed E-state index contributed by atoms with van der Waals surface area (Å²) in [6.07, 6.45) is 0.872. The summed E-state index contributed by atoms with van der Waals surface area (Å²) in [7, 11) is 0. The molecule has 0 aliphatic carbocycles. The molecule has 1 heterocycles. The number of halogens is 3. The van der Waals surface area contributed by atoms with Crippen molar-refractivity contribution < 1.29 is 27.6 Å². The monoisotopic (exact) mass is 419 g/mol. The van der Waals surface area contributed by atoms with Crippen LogP contribution in [0.5, 0.6) is 0 Å². The topological polar surface area (TPSA) is 78.5 Å². The second-order valence-corrected chi connectivity index (χ2v) is 6.91. The zero-order valence-corrected chi connectivity index (χ0v) is 16.2. The first kappa shape index (κ1) is 21.4. The Morgan fingerprint density at radius 3 is 2.43 bits per heavy atom. The Balaban J connectivity index is 1.54. The van der Waals surface area contributed by atoms with E-state index in [1.807, 2.05) is 31.2 Å². The van der Waals surface area contributed by atoms with Gasteiger partial charge in [0.15, 0.2) is 17.5 Å². The number of carbonyl (C=O) groups excluding carboxylic acids is 3. The van der Waals surface area contributed by atoms with Gasteiger partial charge >= 0.3 is 0 Å². The second kappa shape index (κ2) is 8.98. The van der Waals surface area contributed by atoms with Gasteiger partial charge in [0.2, 0.25) is 17.7 Å². The number of hydrogen-bond donors (Lipinski definition) is 2. The lowest BCUT2D eigenvalue weighted by atomic mass is 10.1. The van der Waals surface area contributed by atoms with Crippen molar-refractivity contribution in [2.75, 3.05) is 23.3 Å². The van der Waals surface area contributed by atoms with E-state index in [1.165, 1.54) is 4.90 Å². The van der Waals surface area contributed by atoms with Crippen LogP contribution in [0.4, 0.5) is 24.5 Å². The lowest BCUT2D eigenvalue weighted by Gasteiger charge is -2.17. The van der Waals surface area contributed by atoms with Gasteiger partial charge in [0.25, 0.3) is 0 Å². The summed E-state index contributed by atoms with van der Waals surface area (Å²) >= 11 is 0. The highest BCUT2D eigenvalue weighted by Crippen LogP contribution is 2.25. The zero-order valence-electron chi connectivity index (χ0n) is 16.2. The summed E-state index contributed by atoms with van der Waals surface area (Å²) in [5.41, 5.74) is 1.29. The molecule has 1 aliphatic heterocycles. The summed E-state index contributed by atoms with van der Waals surface area (Å²) < 4.78 is 39.7. The Morgan fingerprint density at radius 1 is 1.07 bits per heavy atom. The van der Waals surface area contributed by atoms with Crippen molar-refractivity contribution in [3.05, 3.63) is 59.4 Å². The van der Waals surface area contributed by atoms with E-state index in [1.54, 1.807) is 0 Å². The highest BCUT2D eigenvalue weighted by molar-refractivity contribution is 6.01. The summed E-state index contributed by atoms with van der Waals surface area (Å²) in [5, 5.41) is 4.45. The molecule has 1 saturated heterocycles. The molecule has 1 fully saturated rings. The molecule has 1 aliphatic rings. The molecule has 1 atom stereocenters. The van der Waals surface area contributed by atoms with E-state index >= 15 is 0 Å². The third-order valence-electron chi connectivity index (χ3n) is 4.88. The van der Waals surface area contributed by atoms with Gasteiger partial charge in [-0.3, -0.25) is 14.4 Å². The van der Waals surface area contributed by atoms with Gasteiger partial charge < -0.3 is 15.5 Å². The largest absolute Gasteiger partial charge is 0.347 e. The highest BCUT2D eigenvalue weighted by atomic mass is 19.2. The van der Waals surface area contributed by atoms with Crippen molar-refractivity contribution in [3.8, 4) is 0 Å². The molecule has 0 bridgehead atoms. The van der Waals surface area contributed by atoms with E-state index in [-0.39, 0.29) is 18.9 Å². The number of rotatable bonds is 6. The van der Waals surface area contributed by atoms with Crippen LogP contribution in [0.25, 0.3) is 0 Å². The maximum atomic E-state index is 13.6. The number of carbonyl (C=O) groups is 3. The van der Waals surface area contributed by atoms with Crippen LogP contribution in [0.3, 0.4) is 0 Å². The smallest absolute Gasteiger partial charge is 0.243 e. The van der Waals surface area contributed by atoms with Crippen molar-refractivity contribution in [2.45, 2.75) is 19.8 Å². The molecular formula is C21H20F3N3O3. The van der Waals surface area contributed by atoms with Crippen LogP contribution in [-0.4, -0.2) is 30.8 Å². The molecule has 3 rings (SSSR count). The molecule has 2 aromatic rings. The molecule has 3 amide bonds. The zero-order chi connectivity index (χ0) is 21.8. The predicted octanol–water partition coefficient (Wildman–Crippen LogP) is 2.77. The van der Waals surface area contributed by atoms with E-state index in [4.69, 9.17) is 0 Å². The van der Waals surface area contributed by atoms with Crippen molar-refractivity contribution in [1.82, 2.24) is 5.32 Å². The second-order valence-electron chi connectivity index (χ2n) is 6.91. The molecular weight excluding hydrogens is 399 g/mol. The minimum atomic E-state index is -1.70. The molecule has 0 saturated carbocycles.